The summed E-state index contributed by atoms with van der Waals surface area (Å²) >= 11 is 0. The van der Waals surface area contributed by atoms with E-state index in [1.54, 1.807) is 18.2 Å². The van der Waals surface area contributed by atoms with Gasteiger partial charge in [-0.05, 0) is 24.6 Å². The fourth-order valence-electron chi connectivity index (χ4n) is 2.05. The van der Waals surface area contributed by atoms with E-state index in [4.69, 9.17) is 9.47 Å². The van der Waals surface area contributed by atoms with Crippen molar-refractivity contribution in [2.75, 3.05) is 33.1 Å². The normalized spacial score (nSPS) is 11.1. The van der Waals surface area contributed by atoms with Gasteiger partial charge in [0.2, 0.25) is 10.0 Å². The quantitative estimate of drug-likeness (QED) is 0.585. The molecule has 8 heteroatoms. The van der Waals surface area contributed by atoms with Crippen molar-refractivity contribution in [2.24, 2.45) is 0 Å². The van der Waals surface area contributed by atoms with Gasteiger partial charge in [-0.2, -0.15) is 0 Å². The number of hydrogen-bond acceptors (Lipinski definition) is 5. The molecule has 0 fully saturated rings. The van der Waals surface area contributed by atoms with Crippen molar-refractivity contribution in [1.82, 2.24) is 10.0 Å². The van der Waals surface area contributed by atoms with Crippen LogP contribution in [0.3, 0.4) is 0 Å². The molecule has 0 aliphatic heterocycles. The molecule has 0 unspecified atom stereocenters. The molecular weight excluding hydrogens is 332 g/mol. The largest absolute Gasteiger partial charge is 0.493 e. The summed E-state index contributed by atoms with van der Waals surface area (Å²) in [6.07, 6.45) is 2.83. The molecule has 7 nitrogen and oxygen atoms in total. The number of carbonyl (C=O) groups is 1. The minimum Gasteiger partial charge on any atom is -0.493 e. The van der Waals surface area contributed by atoms with Crippen molar-refractivity contribution < 1.29 is 22.7 Å². The maximum Gasteiger partial charge on any atom is 0.251 e. The lowest BCUT2D eigenvalue weighted by molar-refractivity contribution is 0.0955. The van der Waals surface area contributed by atoms with Crippen LogP contribution in [0, 0.1) is 0 Å². The average molecular weight is 358 g/mol. The predicted octanol–water partition coefficient (Wildman–Crippen LogP) is 1.54. The molecule has 0 saturated carbocycles. The molecule has 136 valence electrons. The average Bonchev–Trinajstić information content (AvgIpc) is 2.57. The second-order valence-corrected chi connectivity index (χ2v) is 7.17. The van der Waals surface area contributed by atoms with Crippen LogP contribution >= 0.6 is 0 Å². The van der Waals surface area contributed by atoms with Gasteiger partial charge in [0.15, 0.2) is 11.5 Å². The minimum absolute atomic E-state index is 0.0380. The van der Waals surface area contributed by atoms with Crippen LogP contribution in [-0.4, -0.2) is 47.4 Å². The van der Waals surface area contributed by atoms with Gasteiger partial charge in [-0.25, -0.2) is 13.1 Å². The fourth-order valence-corrected chi connectivity index (χ4v) is 3.02. The van der Waals surface area contributed by atoms with Crippen LogP contribution < -0.4 is 19.5 Å². The highest BCUT2D eigenvalue weighted by Crippen LogP contribution is 2.27. The van der Waals surface area contributed by atoms with E-state index in [0.717, 1.165) is 19.3 Å². The Hall–Kier alpha value is -1.80. The highest BCUT2D eigenvalue weighted by Gasteiger charge is 2.13. The molecule has 0 heterocycles. The SMILES string of the molecule is CCCCCNS(=O)(=O)CCNC(=O)c1ccc(OC)c(OC)c1. The molecule has 1 amide bonds. The topological polar surface area (TPSA) is 93.7 Å². The number of rotatable bonds is 11. The molecule has 1 aromatic carbocycles. The Balaban J connectivity index is 2.48. The van der Waals surface area contributed by atoms with Crippen molar-refractivity contribution in [2.45, 2.75) is 26.2 Å². The Labute approximate surface area is 143 Å². The number of nitrogens with one attached hydrogen (secondary N) is 2. The third-order valence-electron chi connectivity index (χ3n) is 3.40. The van der Waals surface area contributed by atoms with Gasteiger partial charge >= 0.3 is 0 Å². The monoisotopic (exact) mass is 358 g/mol. The van der Waals surface area contributed by atoms with E-state index in [1.807, 2.05) is 0 Å². The summed E-state index contributed by atoms with van der Waals surface area (Å²) in [5.74, 6) is 0.443. The molecule has 1 rings (SSSR count). The summed E-state index contributed by atoms with van der Waals surface area (Å²) in [5, 5.41) is 2.59. The Morgan fingerprint density at radius 1 is 1.08 bits per heavy atom. The van der Waals surface area contributed by atoms with Crippen molar-refractivity contribution in [3.05, 3.63) is 23.8 Å². The third kappa shape index (κ3) is 6.76. The van der Waals surface area contributed by atoms with Crippen molar-refractivity contribution in [3.63, 3.8) is 0 Å². The van der Waals surface area contributed by atoms with E-state index in [2.05, 4.69) is 17.0 Å². The molecule has 0 bridgehead atoms. The van der Waals surface area contributed by atoms with Crippen LogP contribution in [-0.2, 0) is 10.0 Å². The Kier molecular flexibility index (Phi) is 8.56. The molecule has 24 heavy (non-hydrogen) atoms. The number of methoxy groups -OCH3 is 2. The van der Waals surface area contributed by atoms with Gasteiger partial charge in [-0.15, -0.1) is 0 Å². The first kappa shape index (κ1) is 20.2. The standard InChI is InChI=1S/C16H26N2O5S/c1-4-5-6-9-18-24(20,21)11-10-17-16(19)13-7-8-14(22-2)15(12-13)23-3/h7-8,12,18H,4-6,9-11H2,1-3H3,(H,17,19). The summed E-state index contributed by atoms with van der Waals surface area (Å²) in [7, 11) is -0.380. The lowest BCUT2D eigenvalue weighted by Gasteiger charge is -2.10. The summed E-state index contributed by atoms with van der Waals surface area (Å²) in [5.41, 5.74) is 0.376. The molecule has 1 aromatic rings. The molecule has 0 saturated heterocycles. The zero-order chi connectivity index (χ0) is 18.0. The van der Waals surface area contributed by atoms with Crippen LogP contribution in [0.2, 0.25) is 0 Å². The molecular formula is C16H26N2O5S. The highest BCUT2D eigenvalue weighted by molar-refractivity contribution is 7.89. The summed E-state index contributed by atoms with van der Waals surface area (Å²) in [6, 6.07) is 4.76. The van der Waals surface area contributed by atoms with E-state index in [0.29, 0.717) is 23.6 Å². The summed E-state index contributed by atoms with van der Waals surface area (Å²) in [4.78, 5) is 12.1. The van der Waals surface area contributed by atoms with E-state index < -0.39 is 10.0 Å². The van der Waals surface area contributed by atoms with Crippen molar-refractivity contribution in [1.29, 1.82) is 0 Å². The van der Waals surface area contributed by atoms with Crippen LogP contribution in [0.5, 0.6) is 11.5 Å². The molecule has 0 atom stereocenters. The second kappa shape index (κ2) is 10.1. The summed E-state index contributed by atoms with van der Waals surface area (Å²) in [6.45, 7) is 2.52. The lowest BCUT2D eigenvalue weighted by Crippen LogP contribution is -2.34. The Morgan fingerprint density at radius 3 is 2.42 bits per heavy atom. The Bertz CT molecular complexity index is 631. The van der Waals surface area contributed by atoms with E-state index in [9.17, 15) is 13.2 Å². The molecule has 0 spiro atoms. The second-order valence-electron chi connectivity index (χ2n) is 5.25. The maximum atomic E-state index is 12.1. The van der Waals surface area contributed by atoms with Crippen molar-refractivity contribution in [3.8, 4) is 11.5 Å². The first-order valence-corrected chi connectivity index (χ1v) is 9.56. The number of hydrogen-bond donors (Lipinski definition) is 2. The lowest BCUT2D eigenvalue weighted by atomic mass is 10.2. The van der Waals surface area contributed by atoms with Gasteiger partial charge in [0.25, 0.3) is 5.91 Å². The number of benzene rings is 1. The summed E-state index contributed by atoms with van der Waals surface area (Å²) < 4.78 is 36.4. The fraction of sp³-hybridized carbons (Fsp3) is 0.562. The smallest absolute Gasteiger partial charge is 0.251 e. The molecule has 0 aliphatic rings. The van der Waals surface area contributed by atoms with Crippen LogP contribution in [0.25, 0.3) is 0 Å². The number of sulfonamides is 1. The third-order valence-corrected chi connectivity index (χ3v) is 4.79. The number of ether oxygens (including phenoxy) is 2. The van der Waals surface area contributed by atoms with Gasteiger partial charge in [-0.1, -0.05) is 19.8 Å². The zero-order valence-corrected chi connectivity index (χ0v) is 15.2. The van der Waals surface area contributed by atoms with Crippen LogP contribution in [0.15, 0.2) is 18.2 Å². The Morgan fingerprint density at radius 2 is 1.79 bits per heavy atom. The molecule has 0 radical (unpaired) electrons. The molecule has 0 aromatic heterocycles. The van der Waals surface area contributed by atoms with Gasteiger partial charge in [0, 0.05) is 18.7 Å². The number of unbranched alkanes of at least 4 members (excludes halogenated alkanes) is 2. The number of amides is 1. The minimum atomic E-state index is -3.37. The van der Waals surface area contributed by atoms with E-state index in [-0.39, 0.29) is 18.2 Å². The van der Waals surface area contributed by atoms with Gasteiger partial charge in [-0.3, -0.25) is 4.79 Å². The van der Waals surface area contributed by atoms with Crippen molar-refractivity contribution >= 4 is 15.9 Å². The van der Waals surface area contributed by atoms with Crippen LogP contribution in [0.1, 0.15) is 36.5 Å². The first-order valence-electron chi connectivity index (χ1n) is 7.91. The molecule has 2 N–H and O–H groups in total. The zero-order valence-electron chi connectivity index (χ0n) is 14.4. The van der Waals surface area contributed by atoms with Gasteiger partial charge in [0.1, 0.15) is 0 Å². The maximum absolute atomic E-state index is 12.1. The first-order chi connectivity index (χ1) is 11.4. The van der Waals surface area contributed by atoms with E-state index >= 15 is 0 Å². The van der Waals surface area contributed by atoms with E-state index in [1.165, 1.54) is 14.2 Å². The van der Waals surface area contributed by atoms with Gasteiger partial charge in [0.05, 0.1) is 20.0 Å². The highest BCUT2D eigenvalue weighted by atomic mass is 32.2. The van der Waals surface area contributed by atoms with Gasteiger partial charge < -0.3 is 14.8 Å². The van der Waals surface area contributed by atoms with Crippen LogP contribution in [0.4, 0.5) is 0 Å². The predicted molar refractivity (Wildman–Crippen MR) is 93.2 cm³/mol. The number of carbonyl (C=O) groups excluding carboxylic acids is 1. The molecule has 0 aliphatic carbocycles.